The smallest absolute Gasteiger partial charge is 0.126 e. The summed E-state index contributed by atoms with van der Waals surface area (Å²) in [4.78, 5) is 0. The van der Waals surface area contributed by atoms with Crippen molar-refractivity contribution in [2.24, 2.45) is 0 Å². The second-order valence-electron chi connectivity index (χ2n) is 10.8. The van der Waals surface area contributed by atoms with Gasteiger partial charge in [0.1, 0.15) is 17.2 Å². The first-order valence-electron chi connectivity index (χ1n) is 10.4. The molecule has 0 aliphatic carbocycles. The first-order valence-corrected chi connectivity index (χ1v) is 13.8. The highest BCUT2D eigenvalue weighted by Crippen LogP contribution is 2.44. The number of phenols is 1. The first kappa shape index (κ1) is 23.3. The molecule has 0 fully saturated rings. The first-order chi connectivity index (χ1) is 13.2. The number of benzene rings is 2. The molecule has 2 aromatic carbocycles. The summed E-state index contributed by atoms with van der Waals surface area (Å²) in [5.74, 6) is 2.06. The number of methoxy groups -OCH3 is 1. The van der Waals surface area contributed by atoms with Gasteiger partial charge in [-0.15, -0.1) is 0 Å². The van der Waals surface area contributed by atoms with E-state index in [1.165, 1.54) is 5.56 Å². The van der Waals surface area contributed by atoms with E-state index in [4.69, 9.17) is 9.47 Å². The topological polar surface area (TPSA) is 38.7 Å². The lowest BCUT2D eigenvalue weighted by Crippen LogP contribution is -2.38. The van der Waals surface area contributed by atoms with E-state index in [0.29, 0.717) is 12.0 Å². The third-order valence-corrected chi connectivity index (χ3v) is 7.45. The van der Waals surface area contributed by atoms with Crippen LogP contribution >= 0.6 is 0 Å². The molecule has 0 bridgehead atoms. The predicted molar refractivity (Wildman–Crippen MR) is 125 cm³/mol. The Kier molecular flexibility index (Phi) is 6.78. The van der Waals surface area contributed by atoms with Gasteiger partial charge < -0.3 is 14.6 Å². The van der Waals surface area contributed by atoms with Gasteiger partial charge in [0.25, 0.3) is 0 Å². The second-order valence-corrected chi connectivity index (χ2v) is 15.8. The highest BCUT2D eigenvalue weighted by Gasteiger charge is 2.30. The Bertz CT molecular complexity index is 825. The number of phenolic OH excluding ortho intramolecular Hbond substituents is 1. The van der Waals surface area contributed by atoms with E-state index in [9.17, 15) is 5.11 Å². The molecular weight excluding hydrogens is 376 g/mol. The van der Waals surface area contributed by atoms with Crippen LogP contribution in [-0.4, -0.2) is 26.5 Å². The summed E-state index contributed by atoms with van der Waals surface area (Å²) < 4.78 is 11.6. The molecule has 4 heteroatoms. The summed E-state index contributed by atoms with van der Waals surface area (Å²) in [7, 11) is 0.0404. The lowest BCUT2D eigenvalue weighted by atomic mass is 9.79. The molecule has 0 unspecified atom stereocenters. The lowest BCUT2D eigenvalue weighted by Gasteiger charge is -2.30. The molecule has 0 amide bonds. The highest BCUT2D eigenvalue weighted by atomic mass is 28.3. The average Bonchev–Trinajstić information content (AvgIpc) is 2.58. The summed E-state index contributed by atoms with van der Waals surface area (Å²) in [6, 6.07) is 13.4. The molecule has 3 nitrogen and oxygen atoms in total. The van der Waals surface area contributed by atoms with Gasteiger partial charge in [-0.05, 0) is 40.6 Å². The molecule has 160 valence electrons. The zero-order chi connectivity index (χ0) is 22.0. The molecule has 0 aromatic heterocycles. The summed E-state index contributed by atoms with van der Waals surface area (Å²) in [6.07, 6.45) is 0.705. The van der Waals surface area contributed by atoms with Gasteiger partial charge in [-0.25, -0.2) is 0 Å². The average molecular weight is 415 g/mol. The Morgan fingerprint density at radius 1 is 0.862 bits per heavy atom. The van der Waals surface area contributed by atoms with Gasteiger partial charge in [0.15, 0.2) is 0 Å². The Hall–Kier alpha value is -1.94. The van der Waals surface area contributed by atoms with E-state index in [1.54, 1.807) is 7.11 Å². The molecule has 0 aliphatic heterocycles. The number of hydrogen-bond donors (Lipinski definition) is 1. The van der Waals surface area contributed by atoms with Crippen molar-refractivity contribution < 1.29 is 14.6 Å². The lowest BCUT2D eigenvalue weighted by molar-refractivity contribution is 0.350. The third-order valence-electron chi connectivity index (χ3n) is 5.16. The standard InChI is InChI=1S/C25H38O3Si/c1-24(2,3)20-14-15-21(22(23(20)26)25(4,5)6)28-17-29(8,9)16-18-10-12-19(27-7)13-11-18/h10-15,26H,16-17H2,1-9H3. The summed E-state index contributed by atoms with van der Waals surface area (Å²) in [5.41, 5.74) is 2.85. The van der Waals surface area contributed by atoms with Crippen molar-refractivity contribution in [1.29, 1.82) is 0 Å². The predicted octanol–water partition coefficient (Wildman–Crippen LogP) is 6.40. The quantitative estimate of drug-likeness (QED) is 0.556. The second kappa shape index (κ2) is 8.43. The zero-order valence-corrected chi connectivity index (χ0v) is 20.6. The molecule has 0 spiro atoms. The van der Waals surface area contributed by atoms with Crippen LogP contribution in [0.15, 0.2) is 36.4 Å². The van der Waals surface area contributed by atoms with Crippen LogP contribution in [0.5, 0.6) is 17.2 Å². The minimum atomic E-state index is -1.65. The molecule has 29 heavy (non-hydrogen) atoms. The molecule has 1 N–H and O–H groups in total. The Balaban J connectivity index is 2.25. The monoisotopic (exact) mass is 414 g/mol. The number of ether oxygens (including phenoxy) is 2. The van der Waals surface area contributed by atoms with Crippen LogP contribution < -0.4 is 9.47 Å². The normalized spacial score (nSPS) is 12.7. The third kappa shape index (κ3) is 6.02. The van der Waals surface area contributed by atoms with Gasteiger partial charge in [0.2, 0.25) is 0 Å². The molecule has 0 saturated heterocycles. The van der Waals surface area contributed by atoms with Crippen LogP contribution in [-0.2, 0) is 16.9 Å². The van der Waals surface area contributed by atoms with E-state index in [1.807, 2.05) is 24.3 Å². The van der Waals surface area contributed by atoms with Crippen LogP contribution in [0.1, 0.15) is 58.2 Å². The Morgan fingerprint density at radius 2 is 1.45 bits per heavy atom. The van der Waals surface area contributed by atoms with E-state index < -0.39 is 8.07 Å². The Morgan fingerprint density at radius 3 is 1.93 bits per heavy atom. The van der Waals surface area contributed by atoms with Crippen molar-refractivity contribution in [1.82, 2.24) is 0 Å². The largest absolute Gasteiger partial charge is 0.507 e. The fourth-order valence-electron chi connectivity index (χ4n) is 3.64. The molecule has 2 rings (SSSR count). The summed E-state index contributed by atoms with van der Waals surface area (Å²) in [6.45, 7) is 17.4. The number of rotatable bonds is 6. The SMILES string of the molecule is COc1ccc(C[Si](C)(C)COc2ccc(C(C)(C)C)c(O)c2C(C)(C)C)cc1. The van der Waals surface area contributed by atoms with Crippen LogP contribution in [0.25, 0.3) is 0 Å². The van der Waals surface area contributed by atoms with Crippen molar-refractivity contribution in [3.8, 4) is 17.2 Å². The highest BCUT2D eigenvalue weighted by molar-refractivity contribution is 6.76. The van der Waals surface area contributed by atoms with Gasteiger partial charge in [0.05, 0.1) is 21.4 Å². The molecular formula is C25H38O3Si. The van der Waals surface area contributed by atoms with E-state index >= 15 is 0 Å². The Labute approximate surface area is 178 Å². The number of hydrogen-bond acceptors (Lipinski definition) is 3. The minimum absolute atomic E-state index is 0.120. The molecule has 0 radical (unpaired) electrons. The van der Waals surface area contributed by atoms with E-state index in [2.05, 4.69) is 66.8 Å². The summed E-state index contributed by atoms with van der Waals surface area (Å²) >= 11 is 0. The molecule has 0 saturated carbocycles. The van der Waals surface area contributed by atoms with Crippen molar-refractivity contribution in [3.05, 3.63) is 53.1 Å². The van der Waals surface area contributed by atoms with Crippen LogP contribution in [0.2, 0.25) is 13.1 Å². The summed E-state index contributed by atoms with van der Waals surface area (Å²) in [5, 5.41) is 11.1. The molecule has 0 heterocycles. The maximum atomic E-state index is 11.1. The zero-order valence-electron chi connectivity index (χ0n) is 19.6. The van der Waals surface area contributed by atoms with Gasteiger partial charge in [-0.2, -0.15) is 0 Å². The fraction of sp³-hybridized carbons (Fsp3) is 0.520. The van der Waals surface area contributed by atoms with Crippen molar-refractivity contribution in [2.75, 3.05) is 13.3 Å². The van der Waals surface area contributed by atoms with Gasteiger partial charge in [-0.1, -0.05) is 78.4 Å². The minimum Gasteiger partial charge on any atom is -0.507 e. The maximum absolute atomic E-state index is 11.1. The van der Waals surface area contributed by atoms with Crippen molar-refractivity contribution >= 4 is 8.07 Å². The molecule has 2 aromatic rings. The van der Waals surface area contributed by atoms with E-state index in [0.717, 1.165) is 28.7 Å². The van der Waals surface area contributed by atoms with Crippen molar-refractivity contribution in [3.63, 3.8) is 0 Å². The molecule has 0 atom stereocenters. The van der Waals surface area contributed by atoms with Gasteiger partial charge in [0, 0.05) is 5.56 Å². The van der Waals surface area contributed by atoms with Gasteiger partial charge >= 0.3 is 0 Å². The van der Waals surface area contributed by atoms with Crippen LogP contribution in [0.4, 0.5) is 0 Å². The van der Waals surface area contributed by atoms with E-state index in [-0.39, 0.29) is 10.8 Å². The fourth-order valence-corrected chi connectivity index (χ4v) is 5.63. The van der Waals surface area contributed by atoms with Crippen LogP contribution in [0.3, 0.4) is 0 Å². The molecule has 0 aliphatic rings. The van der Waals surface area contributed by atoms with Gasteiger partial charge in [-0.3, -0.25) is 0 Å². The van der Waals surface area contributed by atoms with Crippen LogP contribution in [0, 0.1) is 0 Å². The van der Waals surface area contributed by atoms with Crippen molar-refractivity contribution in [2.45, 2.75) is 71.5 Å². The number of aromatic hydroxyl groups is 1. The maximum Gasteiger partial charge on any atom is 0.126 e.